The van der Waals surface area contributed by atoms with Gasteiger partial charge in [-0.3, -0.25) is 9.58 Å². The van der Waals surface area contributed by atoms with E-state index in [1.807, 2.05) is 4.68 Å². The molecule has 2 aromatic rings. The Morgan fingerprint density at radius 2 is 2.24 bits per heavy atom. The smallest absolute Gasteiger partial charge is 0.137 e. The summed E-state index contributed by atoms with van der Waals surface area (Å²) in [6.07, 6.45) is 6.77. The summed E-state index contributed by atoms with van der Waals surface area (Å²) in [5.74, 6) is 2.96. The number of aryl methyl sites for hydroxylation is 1. The van der Waals surface area contributed by atoms with Crippen molar-refractivity contribution in [1.29, 1.82) is 0 Å². The fraction of sp³-hybridized carbons (Fsp3) is 0.625. The Morgan fingerprint density at radius 1 is 1.33 bits per heavy atom. The van der Waals surface area contributed by atoms with Crippen LogP contribution in [-0.2, 0) is 13.0 Å². The van der Waals surface area contributed by atoms with E-state index in [4.69, 9.17) is 4.42 Å². The van der Waals surface area contributed by atoms with Gasteiger partial charge in [0.25, 0.3) is 0 Å². The third kappa shape index (κ3) is 3.35. The third-order valence-electron chi connectivity index (χ3n) is 4.42. The number of rotatable bonds is 5. The maximum absolute atomic E-state index is 6.01. The fourth-order valence-electron chi connectivity index (χ4n) is 3.10. The zero-order valence-corrected chi connectivity index (χ0v) is 12.9. The Bertz CT molecular complexity index is 548. The van der Waals surface area contributed by atoms with E-state index < -0.39 is 0 Å². The summed E-state index contributed by atoms with van der Waals surface area (Å²) in [5, 5.41) is 4.19. The highest BCUT2D eigenvalue weighted by Gasteiger charge is 2.29. The quantitative estimate of drug-likeness (QED) is 0.848. The van der Waals surface area contributed by atoms with E-state index in [0.29, 0.717) is 6.04 Å². The lowest BCUT2D eigenvalue weighted by Crippen LogP contribution is -2.38. The van der Waals surface area contributed by atoms with E-state index in [1.54, 1.807) is 12.7 Å². The summed E-state index contributed by atoms with van der Waals surface area (Å²) in [6.45, 7) is 7.47. The van der Waals surface area contributed by atoms with Crippen molar-refractivity contribution in [2.75, 3.05) is 13.1 Å². The SMILES string of the molecule is CCc1ccc([C@H]2C[C@H](C)CCN2CCn2cncn2)o1. The van der Waals surface area contributed by atoms with Gasteiger partial charge < -0.3 is 4.42 Å². The summed E-state index contributed by atoms with van der Waals surface area (Å²) < 4.78 is 7.91. The van der Waals surface area contributed by atoms with Crippen LogP contribution in [-0.4, -0.2) is 32.8 Å². The first kappa shape index (κ1) is 14.3. The summed E-state index contributed by atoms with van der Waals surface area (Å²) in [7, 11) is 0. The number of likely N-dealkylation sites (tertiary alicyclic amines) is 1. The average Bonchev–Trinajstić information content (AvgIpc) is 3.17. The van der Waals surface area contributed by atoms with Gasteiger partial charge in [0.2, 0.25) is 0 Å². The lowest BCUT2D eigenvalue weighted by Gasteiger charge is -2.37. The number of hydrogen-bond donors (Lipinski definition) is 0. The first-order valence-corrected chi connectivity index (χ1v) is 7.91. The Kier molecular flexibility index (Phi) is 4.39. The predicted octanol–water partition coefficient (Wildman–Crippen LogP) is 2.91. The van der Waals surface area contributed by atoms with E-state index in [2.05, 4.69) is 41.0 Å². The van der Waals surface area contributed by atoms with Crippen molar-refractivity contribution in [3.05, 3.63) is 36.3 Å². The molecule has 0 bridgehead atoms. The highest BCUT2D eigenvalue weighted by molar-refractivity contribution is 5.12. The third-order valence-corrected chi connectivity index (χ3v) is 4.42. The normalized spacial score (nSPS) is 23.5. The molecule has 0 spiro atoms. The van der Waals surface area contributed by atoms with Crippen LogP contribution in [0.1, 0.15) is 44.3 Å². The lowest BCUT2D eigenvalue weighted by atomic mass is 9.91. The van der Waals surface area contributed by atoms with Crippen molar-refractivity contribution in [2.24, 2.45) is 5.92 Å². The van der Waals surface area contributed by atoms with Crippen molar-refractivity contribution in [2.45, 2.75) is 45.7 Å². The van der Waals surface area contributed by atoms with Gasteiger partial charge in [-0.25, -0.2) is 4.98 Å². The van der Waals surface area contributed by atoms with Crippen molar-refractivity contribution in [3.8, 4) is 0 Å². The van der Waals surface area contributed by atoms with Gasteiger partial charge in [0.15, 0.2) is 0 Å². The molecule has 114 valence electrons. The first-order valence-electron chi connectivity index (χ1n) is 7.91. The van der Waals surface area contributed by atoms with Crippen LogP contribution in [0.25, 0.3) is 0 Å². The molecule has 1 aliphatic heterocycles. The molecule has 21 heavy (non-hydrogen) atoms. The molecule has 2 atom stereocenters. The van der Waals surface area contributed by atoms with Gasteiger partial charge in [-0.1, -0.05) is 13.8 Å². The number of piperidine rings is 1. The van der Waals surface area contributed by atoms with Gasteiger partial charge in [-0.05, 0) is 37.4 Å². The van der Waals surface area contributed by atoms with Gasteiger partial charge in [-0.2, -0.15) is 5.10 Å². The molecule has 0 amide bonds. The summed E-state index contributed by atoms with van der Waals surface area (Å²) in [6, 6.07) is 4.67. The second-order valence-electron chi connectivity index (χ2n) is 6.00. The summed E-state index contributed by atoms with van der Waals surface area (Å²) >= 11 is 0. The molecule has 2 aromatic heterocycles. The predicted molar refractivity (Wildman–Crippen MR) is 80.8 cm³/mol. The molecular weight excluding hydrogens is 264 g/mol. The van der Waals surface area contributed by atoms with Crippen molar-refractivity contribution >= 4 is 0 Å². The topological polar surface area (TPSA) is 47.1 Å². The molecule has 0 aromatic carbocycles. The summed E-state index contributed by atoms with van der Waals surface area (Å²) in [5.41, 5.74) is 0. The van der Waals surface area contributed by atoms with E-state index in [-0.39, 0.29) is 0 Å². The second kappa shape index (κ2) is 6.43. The molecule has 5 heteroatoms. The van der Waals surface area contributed by atoms with Crippen LogP contribution >= 0.6 is 0 Å². The fourth-order valence-corrected chi connectivity index (χ4v) is 3.10. The van der Waals surface area contributed by atoms with Crippen LogP contribution in [0.3, 0.4) is 0 Å². The van der Waals surface area contributed by atoms with Crippen LogP contribution in [0.5, 0.6) is 0 Å². The van der Waals surface area contributed by atoms with Gasteiger partial charge in [0.1, 0.15) is 24.2 Å². The van der Waals surface area contributed by atoms with Gasteiger partial charge >= 0.3 is 0 Å². The van der Waals surface area contributed by atoms with Crippen molar-refractivity contribution < 1.29 is 4.42 Å². The van der Waals surface area contributed by atoms with Crippen LogP contribution in [0.2, 0.25) is 0 Å². The molecule has 0 unspecified atom stereocenters. The standard InChI is InChI=1S/C16H24N4O/c1-3-14-4-5-16(21-14)15-10-13(2)6-7-19(15)8-9-20-12-17-11-18-20/h4-5,11-13,15H,3,6-10H2,1-2H3/t13-,15-/m1/s1. The number of nitrogens with zero attached hydrogens (tertiary/aromatic N) is 4. The minimum atomic E-state index is 0.401. The molecule has 3 rings (SSSR count). The largest absolute Gasteiger partial charge is 0.464 e. The molecular formula is C16H24N4O. The number of furan rings is 1. The molecule has 1 aliphatic rings. The minimum Gasteiger partial charge on any atom is -0.464 e. The van der Waals surface area contributed by atoms with Crippen LogP contribution < -0.4 is 0 Å². The Labute approximate surface area is 126 Å². The molecule has 0 aliphatic carbocycles. The van der Waals surface area contributed by atoms with E-state index >= 15 is 0 Å². The molecule has 1 saturated heterocycles. The minimum absolute atomic E-state index is 0.401. The maximum Gasteiger partial charge on any atom is 0.137 e. The van der Waals surface area contributed by atoms with Crippen LogP contribution in [0, 0.1) is 5.92 Å². The van der Waals surface area contributed by atoms with Gasteiger partial charge in [0, 0.05) is 13.0 Å². The summed E-state index contributed by atoms with van der Waals surface area (Å²) in [4.78, 5) is 6.53. The Morgan fingerprint density at radius 3 is 2.95 bits per heavy atom. The molecule has 0 radical (unpaired) electrons. The monoisotopic (exact) mass is 288 g/mol. The molecule has 1 fully saturated rings. The van der Waals surface area contributed by atoms with E-state index in [0.717, 1.165) is 43.5 Å². The number of hydrogen-bond acceptors (Lipinski definition) is 4. The second-order valence-corrected chi connectivity index (χ2v) is 6.00. The van der Waals surface area contributed by atoms with Gasteiger partial charge in [0.05, 0.1) is 12.6 Å². The highest BCUT2D eigenvalue weighted by atomic mass is 16.3. The lowest BCUT2D eigenvalue weighted by molar-refractivity contribution is 0.0958. The number of aromatic nitrogens is 3. The molecule has 5 nitrogen and oxygen atoms in total. The first-order chi connectivity index (χ1) is 10.3. The maximum atomic E-state index is 6.01. The molecule has 0 N–H and O–H groups in total. The zero-order valence-electron chi connectivity index (χ0n) is 12.9. The Hall–Kier alpha value is -1.62. The van der Waals surface area contributed by atoms with Crippen molar-refractivity contribution in [1.82, 2.24) is 19.7 Å². The van der Waals surface area contributed by atoms with Crippen molar-refractivity contribution in [3.63, 3.8) is 0 Å². The van der Waals surface area contributed by atoms with Gasteiger partial charge in [-0.15, -0.1) is 0 Å². The van der Waals surface area contributed by atoms with E-state index in [1.165, 1.54) is 12.8 Å². The highest BCUT2D eigenvalue weighted by Crippen LogP contribution is 2.34. The van der Waals surface area contributed by atoms with Crippen LogP contribution in [0.15, 0.2) is 29.2 Å². The van der Waals surface area contributed by atoms with E-state index in [9.17, 15) is 0 Å². The molecule has 0 saturated carbocycles. The Balaban J connectivity index is 1.70. The van der Waals surface area contributed by atoms with Crippen LogP contribution in [0.4, 0.5) is 0 Å². The zero-order chi connectivity index (χ0) is 14.7. The average molecular weight is 288 g/mol. The molecule has 3 heterocycles.